The van der Waals surface area contributed by atoms with Gasteiger partial charge in [-0.2, -0.15) is 0 Å². The second-order valence-corrected chi connectivity index (χ2v) is 5.70. The first-order chi connectivity index (χ1) is 10.1. The maximum atomic E-state index is 12.3. The van der Waals surface area contributed by atoms with Crippen LogP contribution in [0.4, 0.5) is 0 Å². The Morgan fingerprint density at radius 3 is 3.10 bits per heavy atom. The zero-order valence-electron chi connectivity index (χ0n) is 11.4. The smallest absolute Gasteiger partial charge is 0.276 e. The number of ether oxygens (including phenoxy) is 1. The highest BCUT2D eigenvalue weighted by atomic mass is 79.9. The van der Waals surface area contributed by atoms with E-state index in [1.165, 1.54) is 4.68 Å². The molecule has 1 atom stereocenters. The van der Waals surface area contributed by atoms with Crippen molar-refractivity contribution >= 4 is 21.8 Å². The van der Waals surface area contributed by atoms with E-state index in [1.807, 2.05) is 12.1 Å². The fraction of sp³-hybridized carbons (Fsp3) is 0.385. The van der Waals surface area contributed by atoms with Crippen molar-refractivity contribution in [3.63, 3.8) is 0 Å². The van der Waals surface area contributed by atoms with Crippen LogP contribution in [0.1, 0.15) is 16.9 Å². The first-order valence-electron chi connectivity index (χ1n) is 6.56. The summed E-state index contributed by atoms with van der Waals surface area (Å²) >= 11 is 3.40. The quantitative estimate of drug-likeness (QED) is 0.832. The van der Waals surface area contributed by atoms with Crippen molar-refractivity contribution in [2.45, 2.75) is 12.5 Å². The summed E-state index contributed by atoms with van der Waals surface area (Å²) < 4.78 is 8.16. The van der Waals surface area contributed by atoms with Gasteiger partial charge in [0.05, 0.1) is 17.2 Å². The average molecular weight is 352 g/mol. The van der Waals surface area contributed by atoms with Crippen molar-refractivity contribution < 1.29 is 9.53 Å². The number of aryl methyl sites for hydroxylation is 1. The van der Waals surface area contributed by atoms with E-state index in [0.717, 1.165) is 10.9 Å². The van der Waals surface area contributed by atoms with E-state index in [9.17, 15) is 4.79 Å². The molecule has 3 heterocycles. The molecule has 0 aliphatic carbocycles. The molecule has 0 spiro atoms. The lowest BCUT2D eigenvalue weighted by atomic mass is 10.3. The van der Waals surface area contributed by atoms with Crippen LogP contribution in [0.15, 0.2) is 29.0 Å². The minimum absolute atomic E-state index is 0.0585. The number of nitrogens with zero attached hydrogens (tertiary/aromatic N) is 5. The third kappa shape index (κ3) is 3.05. The van der Waals surface area contributed by atoms with Crippen LogP contribution in [0.5, 0.6) is 5.88 Å². The zero-order valence-corrected chi connectivity index (χ0v) is 13.0. The molecule has 0 aromatic carbocycles. The van der Waals surface area contributed by atoms with Gasteiger partial charge in [0, 0.05) is 26.2 Å². The molecule has 110 valence electrons. The number of aromatic nitrogens is 4. The molecule has 0 saturated carbocycles. The first kappa shape index (κ1) is 14.0. The van der Waals surface area contributed by atoms with Crippen molar-refractivity contribution in [2.24, 2.45) is 7.05 Å². The summed E-state index contributed by atoms with van der Waals surface area (Å²) in [4.78, 5) is 18.2. The Labute approximate surface area is 130 Å². The Kier molecular flexibility index (Phi) is 3.87. The lowest BCUT2D eigenvalue weighted by Crippen LogP contribution is -2.31. The predicted octanol–water partition coefficient (Wildman–Crippen LogP) is 1.27. The van der Waals surface area contributed by atoms with Crippen molar-refractivity contribution in [1.29, 1.82) is 0 Å². The lowest BCUT2D eigenvalue weighted by Gasteiger charge is -2.16. The van der Waals surface area contributed by atoms with Crippen LogP contribution in [0.3, 0.4) is 0 Å². The molecule has 1 aliphatic rings. The van der Waals surface area contributed by atoms with Gasteiger partial charge in [-0.1, -0.05) is 5.21 Å². The highest BCUT2D eigenvalue weighted by Gasteiger charge is 2.30. The fourth-order valence-electron chi connectivity index (χ4n) is 2.23. The Balaban J connectivity index is 1.63. The lowest BCUT2D eigenvalue weighted by molar-refractivity contribution is 0.0765. The summed E-state index contributed by atoms with van der Waals surface area (Å²) in [5.41, 5.74) is 0.358. The Bertz CT molecular complexity index is 660. The molecule has 7 nitrogen and oxygen atoms in total. The maximum Gasteiger partial charge on any atom is 0.276 e. The van der Waals surface area contributed by atoms with Crippen LogP contribution < -0.4 is 4.74 Å². The number of halogens is 1. The summed E-state index contributed by atoms with van der Waals surface area (Å²) in [5.74, 6) is 0.436. The molecule has 8 heteroatoms. The standard InChI is InChI=1S/C13H14BrN5O2/c1-18-8-11(16-17-18)13(20)19-6-4-9(7-19)21-12-10(14)3-2-5-15-12/h2-3,5,8-9H,4,6-7H2,1H3. The maximum absolute atomic E-state index is 12.3. The van der Waals surface area contributed by atoms with Crippen LogP contribution in [0.2, 0.25) is 0 Å². The number of amides is 1. The van der Waals surface area contributed by atoms with Gasteiger partial charge in [-0.25, -0.2) is 4.98 Å². The van der Waals surface area contributed by atoms with Gasteiger partial charge < -0.3 is 9.64 Å². The van der Waals surface area contributed by atoms with Crippen LogP contribution in [-0.2, 0) is 7.05 Å². The number of carbonyl (C=O) groups excluding carboxylic acids is 1. The van der Waals surface area contributed by atoms with E-state index in [1.54, 1.807) is 24.3 Å². The SMILES string of the molecule is Cn1cc(C(=O)N2CCC(Oc3ncccc3Br)C2)nn1. The topological polar surface area (TPSA) is 73.1 Å². The van der Waals surface area contributed by atoms with Gasteiger partial charge in [0.2, 0.25) is 5.88 Å². The van der Waals surface area contributed by atoms with Gasteiger partial charge in [-0.3, -0.25) is 9.48 Å². The molecule has 2 aromatic rings. The molecule has 2 aromatic heterocycles. The Morgan fingerprint density at radius 1 is 1.52 bits per heavy atom. The number of likely N-dealkylation sites (tertiary alicyclic amines) is 1. The third-order valence-corrected chi connectivity index (χ3v) is 3.86. The van der Waals surface area contributed by atoms with E-state index >= 15 is 0 Å². The fourth-order valence-corrected chi connectivity index (χ4v) is 2.58. The third-order valence-electron chi connectivity index (χ3n) is 3.26. The second-order valence-electron chi connectivity index (χ2n) is 4.85. The zero-order chi connectivity index (χ0) is 14.8. The van der Waals surface area contributed by atoms with Gasteiger partial charge in [-0.15, -0.1) is 5.10 Å². The molecular weight excluding hydrogens is 338 g/mol. The summed E-state index contributed by atoms with van der Waals surface area (Å²) in [6.45, 7) is 1.17. The van der Waals surface area contributed by atoms with Crippen molar-refractivity contribution in [2.75, 3.05) is 13.1 Å². The van der Waals surface area contributed by atoms with E-state index in [-0.39, 0.29) is 12.0 Å². The Hall–Kier alpha value is -1.96. The molecule has 1 aliphatic heterocycles. The molecule has 1 unspecified atom stereocenters. The second kappa shape index (κ2) is 5.80. The van der Waals surface area contributed by atoms with Gasteiger partial charge in [-0.05, 0) is 28.1 Å². The largest absolute Gasteiger partial charge is 0.472 e. The molecule has 3 rings (SSSR count). The predicted molar refractivity (Wildman–Crippen MR) is 77.9 cm³/mol. The molecule has 1 fully saturated rings. The van der Waals surface area contributed by atoms with E-state index in [0.29, 0.717) is 24.7 Å². The molecule has 0 radical (unpaired) electrons. The van der Waals surface area contributed by atoms with Crippen molar-refractivity contribution in [3.05, 3.63) is 34.7 Å². The van der Waals surface area contributed by atoms with Crippen molar-refractivity contribution in [1.82, 2.24) is 24.9 Å². The normalized spacial score (nSPS) is 18.0. The summed E-state index contributed by atoms with van der Waals surface area (Å²) in [6.07, 6.45) is 4.01. The number of carbonyl (C=O) groups is 1. The summed E-state index contributed by atoms with van der Waals surface area (Å²) in [5, 5.41) is 7.62. The molecule has 21 heavy (non-hydrogen) atoms. The van der Waals surface area contributed by atoms with Gasteiger partial charge in [0.15, 0.2) is 5.69 Å². The van der Waals surface area contributed by atoms with Crippen LogP contribution in [0.25, 0.3) is 0 Å². The highest BCUT2D eigenvalue weighted by Crippen LogP contribution is 2.24. The molecule has 1 amide bonds. The Morgan fingerprint density at radius 2 is 2.38 bits per heavy atom. The molecular formula is C13H14BrN5O2. The van der Waals surface area contributed by atoms with Gasteiger partial charge >= 0.3 is 0 Å². The van der Waals surface area contributed by atoms with Crippen LogP contribution >= 0.6 is 15.9 Å². The van der Waals surface area contributed by atoms with Crippen molar-refractivity contribution in [3.8, 4) is 5.88 Å². The highest BCUT2D eigenvalue weighted by molar-refractivity contribution is 9.10. The van der Waals surface area contributed by atoms with Gasteiger partial charge in [0.1, 0.15) is 6.10 Å². The number of pyridine rings is 1. The molecule has 1 saturated heterocycles. The minimum Gasteiger partial charge on any atom is -0.472 e. The van der Waals surface area contributed by atoms with Crippen LogP contribution in [0, 0.1) is 0 Å². The van der Waals surface area contributed by atoms with E-state index in [4.69, 9.17) is 4.74 Å². The number of hydrogen-bond donors (Lipinski definition) is 0. The monoisotopic (exact) mass is 351 g/mol. The summed E-state index contributed by atoms with van der Waals surface area (Å²) in [7, 11) is 1.73. The number of hydrogen-bond acceptors (Lipinski definition) is 5. The van der Waals surface area contributed by atoms with E-state index < -0.39 is 0 Å². The summed E-state index contributed by atoms with van der Waals surface area (Å²) in [6, 6.07) is 3.70. The molecule has 0 N–H and O–H groups in total. The van der Waals surface area contributed by atoms with E-state index in [2.05, 4.69) is 31.2 Å². The van der Waals surface area contributed by atoms with Gasteiger partial charge in [0.25, 0.3) is 5.91 Å². The first-order valence-corrected chi connectivity index (χ1v) is 7.35. The average Bonchev–Trinajstić information content (AvgIpc) is 3.10. The molecule has 0 bridgehead atoms. The number of rotatable bonds is 3. The minimum atomic E-state index is -0.116. The van der Waals surface area contributed by atoms with Crippen LogP contribution in [-0.4, -0.2) is 50.0 Å².